The summed E-state index contributed by atoms with van der Waals surface area (Å²) >= 11 is 0. The van der Waals surface area contributed by atoms with E-state index in [1.807, 2.05) is 13.1 Å². The quantitative estimate of drug-likeness (QED) is 0.693. The van der Waals surface area contributed by atoms with Crippen molar-refractivity contribution >= 4 is 0 Å². The number of hydrogen-bond acceptors (Lipinski definition) is 3. The lowest BCUT2D eigenvalue weighted by molar-refractivity contribution is 0.0391. The third kappa shape index (κ3) is 3.32. The van der Waals surface area contributed by atoms with Crippen LogP contribution in [0.2, 0.25) is 0 Å². The number of rotatable bonds is 5. The Balaban J connectivity index is 2.63. The van der Waals surface area contributed by atoms with E-state index in [9.17, 15) is 5.11 Å². The minimum Gasteiger partial charge on any atom is -0.389 e. The Morgan fingerprint density at radius 2 is 2.27 bits per heavy atom. The maximum Gasteiger partial charge on any atom is 0.123 e. The molecule has 0 amide bonds. The standard InChI is InChI=1S/C11H21N3O/c1-5-9(10-12-6-7-13-10)14-8(2)11(3,4)15/h6-9,14-15H,5H2,1-4H3,(H,12,13). The topological polar surface area (TPSA) is 60.9 Å². The van der Waals surface area contributed by atoms with Gasteiger partial charge in [0.25, 0.3) is 0 Å². The zero-order valence-electron chi connectivity index (χ0n) is 9.91. The maximum absolute atomic E-state index is 9.83. The molecule has 1 rings (SSSR count). The molecule has 0 saturated carbocycles. The van der Waals surface area contributed by atoms with E-state index in [0.29, 0.717) is 0 Å². The van der Waals surface area contributed by atoms with Crippen LogP contribution in [0.4, 0.5) is 0 Å². The molecule has 1 aromatic heterocycles. The fourth-order valence-electron chi connectivity index (χ4n) is 1.36. The zero-order valence-corrected chi connectivity index (χ0v) is 9.91. The summed E-state index contributed by atoms with van der Waals surface area (Å²) in [5, 5.41) is 13.2. The summed E-state index contributed by atoms with van der Waals surface area (Å²) in [6, 6.07) is 0.189. The molecule has 1 heterocycles. The van der Waals surface area contributed by atoms with Crippen LogP contribution in [0.15, 0.2) is 12.4 Å². The Hall–Kier alpha value is -0.870. The molecule has 3 N–H and O–H groups in total. The monoisotopic (exact) mass is 211 g/mol. The van der Waals surface area contributed by atoms with Gasteiger partial charge < -0.3 is 15.4 Å². The van der Waals surface area contributed by atoms with Gasteiger partial charge in [0.2, 0.25) is 0 Å². The number of H-pyrrole nitrogens is 1. The number of aliphatic hydroxyl groups is 1. The van der Waals surface area contributed by atoms with Crippen LogP contribution in [-0.4, -0.2) is 26.7 Å². The minimum atomic E-state index is -0.722. The van der Waals surface area contributed by atoms with Crippen LogP contribution >= 0.6 is 0 Å². The molecule has 15 heavy (non-hydrogen) atoms. The van der Waals surface area contributed by atoms with Crippen LogP contribution in [0.5, 0.6) is 0 Å². The zero-order chi connectivity index (χ0) is 11.5. The third-order valence-electron chi connectivity index (χ3n) is 2.77. The minimum absolute atomic E-state index is 0.0209. The summed E-state index contributed by atoms with van der Waals surface area (Å²) in [4.78, 5) is 7.31. The van der Waals surface area contributed by atoms with E-state index >= 15 is 0 Å². The van der Waals surface area contributed by atoms with Gasteiger partial charge in [-0.15, -0.1) is 0 Å². The predicted molar refractivity (Wildman–Crippen MR) is 60.5 cm³/mol. The number of imidazole rings is 1. The second-order valence-corrected chi connectivity index (χ2v) is 4.48. The van der Waals surface area contributed by atoms with Crippen molar-refractivity contribution in [2.75, 3.05) is 0 Å². The molecule has 0 fully saturated rings. The van der Waals surface area contributed by atoms with E-state index in [4.69, 9.17) is 0 Å². The molecule has 0 aromatic carbocycles. The molecule has 0 radical (unpaired) electrons. The van der Waals surface area contributed by atoms with Crippen LogP contribution in [0, 0.1) is 0 Å². The Labute approximate surface area is 91.1 Å². The van der Waals surface area contributed by atoms with Gasteiger partial charge >= 0.3 is 0 Å². The molecule has 2 atom stereocenters. The number of nitrogens with one attached hydrogen (secondary N) is 2. The Morgan fingerprint density at radius 1 is 1.60 bits per heavy atom. The molecular formula is C11H21N3O. The smallest absolute Gasteiger partial charge is 0.123 e. The van der Waals surface area contributed by atoms with Crippen molar-refractivity contribution in [1.82, 2.24) is 15.3 Å². The van der Waals surface area contributed by atoms with Gasteiger partial charge in [-0.1, -0.05) is 6.92 Å². The van der Waals surface area contributed by atoms with Gasteiger partial charge in [0.05, 0.1) is 11.6 Å². The van der Waals surface area contributed by atoms with Gasteiger partial charge in [-0.3, -0.25) is 0 Å². The van der Waals surface area contributed by atoms with E-state index in [-0.39, 0.29) is 12.1 Å². The predicted octanol–water partition coefficient (Wildman–Crippen LogP) is 1.61. The number of hydrogen-bond donors (Lipinski definition) is 3. The highest BCUT2D eigenvalue weighted by molar-refractivity contribution is 4.97. The summed E-state index contributed by atoms with van der Waals surface area (Å²) in [6.07, 6.45) is 4.50. The highest BCUT2D eigenvalue weighted by Gasteiger charge is 2.25. The number of aromatic nitrogens is 2. The Bertz CT molecular complexity index is 277. The van der Waals surface area contributed by atoms with Crippen LogP contribution in [0.25, 0.3) is 0 Å². The van der Waals surface area contributed by atoms with Crippen LogP contribution < -0.4 is 5.32 Å². The first-order valence-electron chi connectivity index (χ1n) is 5.42. The van der Waals surface area contributed by atoms with Crippen molar-refractivity contribution in [3.63, 3.8) is 0 Å². The molecule has 4 nitrogen and oxygen atoms in total. The fourth-order valence-corrected chi connectivity index (χ4v) is 1.36. The largest absolute Gasteiger partial charge is 0.389 e. The number of nitrogens with zero attached hydrogens (tertiary/aromatic N) is 1. The molecule has 0 aliphatic carbocycles. The van der Waals surface area contributed by atoms with Crippen LogP contribution in [-0.2, 0) is 0 Å². The first kappa shape index (κ1) is 12.2. The Kier molecular flexibility index (Phi) is 3.88. The van der Waals surface area contributed by atoms with Gasteiger partial charge in [-0.2, -0.15) is 0 Å². The molecule has 2 unspecified atom stereocenters. The molecular weight excluding hydrogens is 190 g/mol. The van der Waals surface area contributed by atoms with Gasteiger partial charge in [-0.25, -0.2) is 4.98 Å². The van der Waals surface area contributed by atoms with Crippen molar-refractivity contribution < 1.29 is 5.11 Å². The van der Waals surface area contributed by atoms with E-state index in [1.54, 1.807) is 20.0 Å². The molecule has 0 bridgehead atoms. The maximum atomic E-state index is 9.83. The summed E-state index contributed by atoms with van der Waals surface area (Å²) in [5.41, 5.74) is -0.722. The summed E-state index contributed by atoms with van der Waals surface area (Å²) < 4.78 is 0. The van der Waals surface area contributed by atoms with Crippen molar-refractivity contribution in [2.24, 2.45) is 0 Å². The van der Waals surface area contributed by atoms with Crippen molar-refractivity contribution in [3.05, 3.63) is 18.2 Å². The molecule has 4 heteroatoms. The van der Waals surface area contributed by atoms with Crippen LogP contribution in [0.3, 0.4) is 0 Å². The van der Waals surface area contributed by atoms with E-state index in [2.05, 4.69) is 22.2 Å². The summed E-state index contributed by atoms with van der Waals surface area (Å²) in [6.45, 7) is 7.68. The van der Waals surface area contributed by atoms with Crippen LogP contribution in [0.1, 0.15) is 46.0 Å². The highest BCUT2D eigenvalue weighted by Crippen LogP contribution is 2.16. The van der Waals surface area contributed by atoms with E-state index < -0.39 is 5.60 Å². The molecule has 1 aromatic rings. The molecule has 0 aliphatic rings. The van der Waals surface area contributed by atoms with Gasteiger partial charge in [0.1, 0.15) is 5.82 Å². The van der Waals surface area contributed by atoms with Gasteiger partial charge in [0, 0.05) is 18.4 Å². The SMILES string of the molecule is CCC(NC(C)C(C)(C)O)c1ncc[nH]1. The average Bonchev–Trinajstić information content (AvgIpc) is 2.64. The first-order valence-corrected chi connectivity index (χ1v) is 5.42. The lowest BCUT2D eigenvalue weighted by Crippen LogP contribution is -2.46. The molecule has 0 saturated heterocycles. The first-order chi connectivity index (χ1) is 6.95. The third-order valence-corrected chi connectivity index (χ3v) is 2.77. The second kappa shape index (κ2) is 4.77. The normalized spacial score (nSPS) is 16.3. The van der Waals surface area contributed by atoms with Crippen molar-refractivity contribution in [2.45, 2.75) is 51.8 Å². The number of aromatic amines is 1. The van der Waals surface area contributed by atoms with Gasteiger partial charge in [-0.05, 0) is 27.2 Å². The Morgan fingerprint density at radius 3 is 2.67 bits per heavy atom. The summed E-state index contributed by atoms with van der Waals surface area (Å²) in [7, 11) is 0. The highest BCUT2D eigenvalue weighted by atomic mass is 16.3. The van der Waals surface area contributed by atoms with Gasteiger partial charge in [0.15, 0.2) is 0 Å². The molecule has 0 aliphatic heterocycles. The van der Waals surface area contributed by atoms with Crippen molar-refractivity contribution in [3.8, 4) is 0 Å². The van der Waals surface area contributed by atoms with Crippen molar-refractivity contribution in [1.29, 1.82) is 0 Å². The summed E-state index contributed by atoms with van der Waals surface area (Å²) in [5.74, 6) is 0.925. The lowest BCUT2D eigenvalue weighted by atomic mass is 9.99. The van der Waals surface area contributed by atoms with E-state index in [0.717, 1.165) is 12.2 Å². The molecule has 86 valence electrons. The molecule has 0 spiro atoms. The lowest BCUT2D eigenvalue weighted by Gasteiger charge is -2.30. The van der Waals surface area contributed by atoms with E-state index in [1.165, 1.54) is 0 Å². The average molecular weight is 211 g/mol. The second-order valence-electron chi connectivity index (χ2n) is 4.48. The fraction of sp³-hybridized carbons (Fsp3) is 0.727.